The van der Waals surface area contributed by atoms with Gasteiger partial charge in [-0.2, -0.15) is 4.39 Å². The molecule has 0 atom stereocenters. The third-order valence-electron chi connectivity index (χ3n) is 2.67. The van der Waals surface area contributed by atoms with Crippen molar-refractivity contribution >= 4 is 21.4 Å². The molecule has 0 saturated carbocycles. The molecule has 0 unspecified atom stereocenters. The molecular weight excluding hydrogens is 301 g/mol. The van der Waals surface area contributed by atoms with Gasteiger partial charge < -0.3 is 0 Å². The maximum atomic E-state index is 13.5. The van der Waals surface area contributed by atoms with Crippen molar-refractivity contribution in [2.75, 3.05) is 4.72 Å². The van der Waals surface area contributed by atoms with Crippen LogP contribution in [0.2, 0.25) is 0 Å². The van der Waals surface area contributed by atoms with Crippen LogP contribution in [0.3, 0.4) is 0 Å². The predicted molar refractivity (Wildman–Crippen MR) is 72.8 cm³/mol. The molecule has 0 aliphatic carbocycles. The second-order valence-electron chi connectivity index (χ2n) is 4.09. The lowest BCUT2D eigenvalue weighted by atomic mass is 10.3. The van der Waals surface area contributed by atoms with Crippen LogP contribution in [0.1, 0.15) is 5.69 Å². The van der Waals surface area contributed by atoms with Crippen molar-refractivity contribution in [3.63, 3.8) is 0 Å². The van der Waals surface area contributed by atoms with Crippen LogP contribution in [-0.4, -0.2) is 18.3 Å². The van der Waals surface area contributed by atoms with Crippen molar-refractivity contribution in [3.05, 3.63) is 58.2 Å². The highest BCUT2D eigenvalue weighted by atomic mass is 32.2. The number of aromatic nitrogens is 1. The molecule has 0 fully saturated rings. The Labute approximate surface area is 119 Å². The minimum atomic E-state index is -4.31. The first kappa shape index (κ1) is 14.9. The summed E-state index contributed by atoms with van der Waals surface area (Å²) in [4.78, 5) is 13.0. The van der Waals surface area contributed by atoms with Crippen LogP contribution in [0.15, 0.2) is 41.4 Å². The van der Waals surface area contributed by atoms with Crippen LogP contribution in [0.25, 0.3) is 0 Å². The third kappa shape index (κ3) is 2.97. The highest BCUT2D eigenvalue weighted by molar-refractivity contribution is 7.92. The number of hydrogen-bond acceptors (Lipinski definition) is 5. The maximum Gasteiger partial charge on any atom is 0.325 e. The van der Waals surface area contributed by atoms with E-state index in [0.29, 0.717) is 5.69 Å². The Morgan fingerprint density at radius 3 is 2.62 bits per heavy atom. The summed E-state index contributed by atoms with van der Waals surface area (Å²) < 4.78 is 40.1. The first-order valence-electron chi connectivity index (χ1n) is 5.70. The summed E-state index contributed by atoms with van der Waals surface area (Å²) in [5.41, 5.74) is -0.539. The number of para-hydroxylation sites is 1. The van der Waals surface area contributed by atoms with Gasteiger partial charge in [-0.1, -0.05) is 6.07 Å². The fourth-order valence-electron chi connectivity index (χ4n) is 1.68. The Morgan fingerprint density at radius 2 is 2.00 bits per heavy atom. The van der Waals surface area contributed by atoms with Crippen LogP contribution in [0.4, 0.5) is 15.8 Å². The van der Waals surface area contributed by atoms with Gasteiger partial charge in [0.2, 0.25) is 5.82 Å². The van der Waals surface area contributed by atoms with Crippen molar-refractivity contribution in [2.45, 2.75) is 11.8 Å². The van der Waals surface area contributed by atoms with Gasteiger partial charge >= 0.3 is 5.69 Å². The fraction of sp³-hybridized carbons (Fsp3) is 0.0833. The van der Waals surface area contributed by atoms with E-state index < -0.39 is 31.3 Å². The molecule has 0 spiro atoms. The molecule has 1 aromatic carbocycles. The number of rotatable bonds is 4. The smallest absolute Gasteiger partial charge is 0.278 e. The number of nitrogens with zero attached hydrogens (tertiary/aromatic N) is 2. The Morgan fingerprint density at radius 1 is 1.29 bits per heavy atom. The zero-order valence-electron chi connectivity index (χ0n) is 10.8. The van der Waals surface area contributed by atoms with Gasteiger partial charge in [0.05, 0.1) is 16.3 Å². The SMILES string of the molecule is Cc1ncccc1NS(=O)(=O)c1cccc(F)c1[N+](=O)[O-]. The summed E-state index contributed by atoms with van der Waals surface area (Å²) in [5, 5.41) is 10.9. The van der Waals surface area contributed by atoms with Crippen molar-refractivity contribution in [3.8, 4) is 0 Å². The lowest BCUT2D eigenvalue weighted by Gasteiger charge is -2.10. The number of anilines is 1. The largest absolute Gasteiger partial charge is 0.325 e. The van der Waals surface area contributed by atoms with E-state index in [0.717, 1.165) is 18.2 Å². The van der Waals surface area contributed by atoms with E-state index in [1.54, 1.807) is 6.92 Å². The van der Waals surface area contributed by atoms with Gasteiger partial charge in [0.1, 0.15) is 0 Å². The van der Waals surface area contributed by atoms with E-state index in [1.165, 1.54) is 18.3 Å². The molecule has 110 valence electrons. The third-order valence-corrected chi connectivity index (χ3v) is 4.07. The summed E-state index contributed by atoms with van der Waals surface area (Å²) in [6.45, 7) is 1.57. The zero-order valence-corrected chi connectivity index (χ0v) is 11.6. The molecule has 0 radical (unpaired) electrons. The van der Waals surface area contributed by atoms with Crippen molar-refractivity contribution in [1.82, 2.24) is 4.98 Å². The number of halogens is 1. The molecule has 2 aromatic rings. The van der Waals surface area contributed by atoms with Gasteiger partial charge in [-0.05, 0) is 31.2 Å². The highest BCUT2D eigenvalue weighted by Crippen LogP contribution is 2.28. The normalized spacial score (nSPS) is 11.1. The minimum absolute atomic E-state index is 0.163. The van der Waals surface area contributed by atoms with E-state index in [2.05, 4.69) is 9.71 Å². The molecule has 7 nitrogen and oxygen atoms in total. The topological polar surface area (TPSA) is 102 Å². The van der Waals surface area contributed by atoms with E-state index in [-0.39, 0.29) is 5.69 Å². The van der Waals surface area contributed by atoms with Gasteiger partial charge in [-0.25, -0.2) is 8.42 Å². The number of sulfonamides is 1. The average molecular weight is 311 g/mol. The Hall–Kier alpha value is -2.55. The monoisotopic (exact) mass is 311 g/mol. The van der Waals surface area contributed by atoms with Crippen molar-refractivity contribution < 1.29 is 17.7 Å². The van der Waals surface area contributed by atoms with Crippen molar-refractivity contribution in [1.29, 1.82) is 0 Å². The lowest BCUT2D eigenvalue weighted by molar-refractivity contribution is -0.390. The summed E-state index contributed by atoms with van der Waals surface area (Å²) in [5.74, 6) is -1.22. The molecule has 21 heavy (non-hydrogen) atoms. The maximum absolute atomic E-state index is 13.5. The lowest BCUT2D eigenvalue weighted by Crippen LogP contribution is -2.16. The molecule has 0 amide bonds. The predicted octanol–water partition coefficient (Wildman–Crippen LogP) is 2.24. The van der Waals surface area contributed by atoms with Gasteiger partial charge in [-0.15, -0.1) is 0 Å². The van der Waals surface area contributed by atoms with Crippen LogP contribution in [-0.2, 0) is 10.0 Å². The summed E-state index contributed by atoms with van der Waals surface area (Å²) in [7, 11) is -4.31. The van der Waals surface area contributed by atoms with Gasteiger partial charge in [0.15, 0.2) is 4.90 Å². The molecule has 1 heterocycles. The van der Waals surface area contributed by atoms with Crippen molar-refractivity contribution in [2.24, 2.45) is 0 Å². The van der Waals surface area contributed by atoms with Crippen LogP contribution in [0.5, 0.6) is 0 Å². The van der Waals surface area contributed by atoms with Crippen LogP contribution >= 0.6 is 0 Å². The molecule has 0 bridgehead atoms. The standard InChI is InChI=1S/C12H10FN3O4S/c1-8-10(5-3-7-14-8)15-21(19,20)11-6-2-4-9(13)12(11)16(17)18/h2-7,15H,1H3. The quantitative estimate of drug-likeness (QED) is 0.689. The first-order valence-corrected chi connectivity index (χ1v) is 7.18. The molecule has 1 N–H and O–H groups in total. The minimum Gasteiger partial charge on any atom is -0.278 e. The molecule has 0 saturated heterocycles. The van der Waals surface area contributed by atoms with E-state index in [4.69, 9.17) is 0 Å². The second-order valence-corrected chi connectivity index (χ2v) is 5.74. The molecule has 1 aromatic heterocycles. The molecular formula is C12H10FN3O4S. The summed E-state index contributed by atoms with van der Waals surface area (Å²) in [6, 6.07) is 5.84. The number of nitrogens with one attached hydrogen (secondary N) is 1. The van der Waals surface area contributed by atoms with E-state index in [9.17, 15) is 22.9 Å². The number of nitro groups is 1. The zero-order chi connectivity index (χ0) is 15.6. The Bertz CT molecular complexity index is 808. The van der Waals surface area contributed by atoms with Gasteiger partial charge in [-0.3, -0.25) is 19.8 Å². The summed E-state index contributed by atoms with van der Waals surface area (Å²) >= 11 is 0. The Balaban J connectivity index is 2.53. The second kappa shape index (κ2) is 5.44. The molecule has 0 aliphatic rings. The summed E-state index contributed by atoms with van der Waals surface area (Å²) in [6.07, 6.45) is 1.47. The van der Waals surface area contributed by atoms with Crippen LogP contribution in [0, 0.1) is 22.9 Å². The molecule has 2 rings (SSSR count). The number of benzene rings is 1. The molecule has 9 heteroatoms. The fourth-order valence-corrected chi connectivity index (χ4v) is 2.98. The first-order chi connectivity index (χ1) is 9.83. The number of aryl methyl sites for hydroxylation is 1. The van der Waals surface area contributed by atoms with E-state index in [1.807, 2.05) is 0 Å². The molecule has 0 aliphatic heterocycles. The number of hydrogen-bond donors (Lipinski definition) is 1. The number of nitro benzene ring substituents is 1. The van der Waals surface area contributed by atoms with Gasteiger partial charge in [0, 0.05) is 6.20 Å². The Kier molecular flexibility index (Phi) is 3.85. The average Bonchev–Trinajstić information content (AvgIpc) is 2.40. The van der Waals surface area contributed by atoms with Crippen LogP contribution < -0.4 is 4.72 Å². The highest BCUT2D eigenvalue weighted by Gasteiger charge is 2.29. The number of pyridine rings is 1. The van der Waals surface area contributed by atoms with Gasteiger partial charge in [0.25, 0.3) is 10.0 Å². The van der Waals surface area contributed by atoms with E-state index >= 15 is 0 Å².